The van der Waals surface area contributed by atoms with Crippen molar-refractivity contribution in [3.8, 4) is 29.0 Å². The third-order valence-electron chi connectivity index (χ3n) is 6.86. The smallest absolute Gasteiger partial charge is 0.101 e. The number of rotatable bonds is 1. The molecule has 1 aliphatic carbocycles. The molecule has 150 valence electrons. The Labute approximate surface area is 186 Å². The van der Waals surface area contributed by atoms with E-state index in [0.29, 0.717) is 11.1 Å². The van der Waals surface area contributed by atoms with E-state index in [0.717, 1.165) is 27.5 Å². The third kappa shape index (κ3) is 2.28. The number of benzene rings is 4. The van der Waals surface area contributed by atoms with Crippen molar-refractivity contribution in [2.75, 3.05) is 0 Å². The van der Waals surface area contributed by atoms with Crippen molar-refractivity contribution in [2.24, 2.45) is 0 Å². The van der Waals surface area contributed by atoms with Crippen molar-refractivity contribution in [1.82, 2.24) is 4.57 Å². The van der Waals surface area contributed by atoms with Gasteiger partial charge in [-0.05, 0) is 58.7 Å². The second-order valence-electron chi connectivity index (χ2n) is 8.89. The fourth-order valence-corrected chi connectivity index (χ4v) is 5.30. The maximum Gasteiger partial charge on any atom is 0.101 e. The number of hydrogen-bond acceptors (Lipinski definition) is 2. The molecule has 1 aromatic heterocycles. The number of nitrogens with zero attached hydrogens (tertiary/aromatic N) is 3. The maximum atomic E-state index is 9.84. The Bertz CT molecular complexity index is 1670. The van der Waals surface area contributed by atoms with Gasteiger partial charge in [0, 0.05) is 16.2 Å². The van der Waals surface area contributed by atoms with Crippen LogP contribution in [0.2, 0.25) is 0 Å². The van der Waals surface area contributed by atoms with Crippen molar-refractivity contribution in [2.45, 2.75) is 19.3 Å². The topological polar surface area (TPSA) is 52.5 Å². The molecule has 0 atom stereocenters. The fourth-order valence-electron chi connectivity index (χ4n) is 5.30. The van der Waals surface area contributed by atoms with E-state index in [4.69, 9.17) is 0 Å². The number of para-hydroxylation sites is 1. The van der Waals surface area contributed by atoms with Crippen LogP contribution in [0.4, 0.5) is 0 Å². The molecule has 1 heterocycles. The molecule has 3 nitrogen and oxygen atoms in total. The van der Waals surface area contributed by atoms with E-state index in [-0.39, 0.29) is 5.41 Å². The van der Waals surface area contributed by atoms with Crippen molar-refractivity contribution >= 4 is 21.8 Å². The molecule has 4 aromatic carbocycles. The lowest BCUT2D eigenvalue weighted by Gasteiger charge is -2.21. The largest absolute Gasteiger partial charge is 0.308 e. The molecule has 0 amide bonds. The molecule has 0 unspecified atom stereocenters. The monoisotopic (exact) mass is 409 g/mol. The molecule has 0 fully saturated rings. The molecule has 32 heavy (non-hydrogen) atoms. The van der Waals surface area contributed by atoms with Crippen molar-refractivity contribution in [1.29, 1.82) is 10.5 Å². The molecule has 5 aromatic rings. The number of nitriles is 2. The standard InChI is InChI=1S/C29H19N3/c1-29(2)24-9-5-3-7-20(24)22-14-23-21-8-4-6-10-26(21)32(28(23)15-25(22)29)27-13-18(16-30)11-12-19(27)17-31/h3-15H,1-2H3. The lowest BCUT2D eigenvalue weighted by Crippen LogP contribution is -2.15. The molecular formula is C29H19N3. The zero-order chi connectivity index (χ0) is 22.0. The van der Waals surface area contributed by atoms with Gasteiger partial charge in [-0.2, -0.15) is 10.5 Å². The number of aromatic nitrogens is 1. The van der Waals surface area contributed by atoms with Crippen molar-refractivity contribution < 1.29 is 0 Å². The van der Waals surface area contributed by atoms with E-state index < -0.39 is 0 Å². The highest BCUT2D eigenvalue weighted by atomic mass is 15.0. The summed E-state index contributed by atoms with van der Waals surface area (Å²) in [4.78, 5) is 0. The summed E-state index contributed by atoms with van der Waals surface area (Å²) in [5.74, 6) is 0. The van der Waals surface area contributed by atoms with Gasteiger partial charge < -0.3 is 4.57 Å². The van der Waals surface area contributed by atoms with Crippen LogP contribution in [0.15, 0.2) is 78.9 Å². The van der Waals surface area contributed by atoms with Crippen molar-refractivity contribution in [3.63, 3.8) is 0 Å². The maximum absolute atomic E-state index is 9.84. The Kier molecular flexibility index (Phi) is 3.65. The zero-order valence-electron chi connectivity index (χ0n) is 17.8. The summed E-state index contributed by atoms with van der Waals surface area (Å²) >= 11 is 0. The van der Waals surface area contributed by atoms with Crippen LogP contribution in [0.25, 0.3) is 38.6 Å². The first-order valence-corrected chi connectivity index (χ1v) is 10.7. The zero-order valence-corrected chi connectivity index (χ0v) is 17.8. The van der Waals surface area contributed by atoms with Gasteiger partial charge in [0.1, 0.15) is 6.07 Å². The molecule has 0 aliphatic heterocycles. The Morgan fingerprint density at radius 3 is 2.28 bits per heavy atom. The van der Waals surface area contributed by atoms with E-state index in [1.165, 1.54) is 22.3 Å². The van der Waals surface area contributed by atoms with Gasteiger partial charge in [0.05, 0.1) is 33.9 Å². The lowest BCUT2D eigenvalue weighted by molar-refractivity contribution is 0.661. The van der Waals surface area contributed by atoms with Crippen LogP contribution < -0.4 is 0 Å². The van der Waals surface area contributed by atoms with Crippen LogP contribution in [0.5, 0.6) is 0 Å². The van der Waals surface area contributed by atoms with Crippen LogP contribution in [-0.2, 0) is 5.41 Å². The van der Waals surface area contributed by atoms with Crippen LogP contribution in [0.3, 0.4) is 0 Å². The first-order chi connectivity index (χ1) is 15.5. The fraction of sp³-hybridized carbons (Fsp3) is 0.103. The van der Waals surface area contributed by atoms with Gasteiger partial charge in [-0.3, -0.25) is 0 Å². The summed E-state index contributed by atoms with van der Waals surface area (Å²) in [5, 5.41) is 21.6. The normalized spacial score (nSPS) is 13.5. The SMILES string of the molecule is CC1(C)c2ccccc2-c2cc3c4ccccc4n(-c4cc(C#N)ccc4C#N)c3cc21. The Morgan fingerprint density at radius 2 is 1.47 bits per heavy atom. The molecule has 0 bridgehead atoms. The predicted octanol–water partition coefficient (Wildman–Crippen LogP) is 6.83. The number of fused-ring (bicyclic) bond motifs is 6. The van der Waals surface area contributed by atoms with Crippen LogP contribution in [0, 0.1) is 22.7 Å². The van der Waals surface area contributed by atoms with Gasteiger partial charge in [-0.25, -0.2) is 0 Å². The first kappa shape index (κ1) is 18.4. The van der Waals surface area contributed by atoms with Gasteiger partial charge in [-0.1, -0.05) is 56.3 Å². The van der Waals surface area contributed by atoms with E-state index in [1.807, 2.05) is 18.2 Å². The van der Waals surface area contributed by atoms with Gasteiger partial charge in [0.15, 0.2) is 0 Å². The molecular weight excluding hydrogens is 390 g/mol. The van der Waals surface area contributed by atoms with Crippen LogP contribution in [-0.4, -0.2) is 4.57 Å². The highest BCUT2D eigenvalue weighted by molar-refractivity contribution is 6.11. The highest BCUT2D eigenvalue weighted by Gasteiger charge is 2.36. The summed E-state index contributed by atoms with van der Waals surface area (Å²) in [6.07, 6.45) is 0. The third-order valence-corrected chi connectivity index (χ3v) is 6.86. The minimum absolute atomic E-state index is 0.117. The van der Waals surface area contributed by atoms with Gasteiger partial charge in [-0.15, -0.1) is 0 Å². The summed E-state index contributed by atoms with van der Waals surface area (Å²) in [6.45, 7) is 4.54. The van der Waals surface area contributed by atoms with Gasteiger partial charge in [0.25, 0.3) is 0 Å². The average molecular weight is 409 g/mol. The molecule has 0 radical (unpaired) electrons. The molecule has 0 saturated carbocycles. The minimum atomic E-state index is -0.117. The van der Waals surface area contributed by atoms with Crippen LogP contribution >= 0.6 is 0 Å². The highest BCUT2D eigenvalue weighted by Crippen LogP contribution is 2.50. The molecule has 0 spiro atoms. The quantitative estimate of drug-likeness (QED) is 0.304. The lowest BCUT2D eigenvalue weighted by atomic mass is 9.82. The van der Waals surface area contributed by atoms with E-state index >= 15 is 0 Å². The summed E-state index contributed by atoms with van der Waals surface area (Å²) in [5.41, 5.74) is 8.98. The molecule has 3 heteroatoms. The summed E-state index contributed by atoms with van der Waals surface area (Å²) in [7, 11) is 0. The second kappa shape index (κ2) is 6.33. The van der Waals surface area contributed by atoms with E-state index in [1.54, 1.807) is 12.1 Å². The average Bonchev–Trinajstić information content (AvgIpc) is 3.27. The Morgan fingerprint density at radius 1 is 0.688 bits per heavy atom. The van der Waals surface area contributed by atoms with Crippen LogP contribution in [0.1, 0.15) is 36.1 Å². The Balaban J connectivity index is 1.79. The van der Waals surface area contributed by atoms with Crippen molar-refractivity contribution in [3.05, 3.63) is 101 Å². The summed E-state index contributed by atoms with van der Waals surface area (Å²) in [6, 6.07) is 31.3. The molecule has 1 aliphatic rings. The summed E-state index contributed by atoms with van der Waals surface area (Å²) < 4.78 is 2.14. The van der Waals surface area contributed by atoms with E-state index in [2.05, 4.69) is 79.1 Å². The van der Waals surface area contributed by atoms with E-state index in [9.17, 15) is 10.5 Å². The molecule has 0 saturated heterocycles. The minimum Gasteiger partial charge on any atom is -0.308 e. The van der Waals surface area contributed by atoms with Gasteiger partial charge in [0.2, 0.25) is 0 Å². The molecule has 0 N–H and O–H groups in total. The second-order valence-corrected chi connectivity index (χ2v) is 8.89. The predicted molar refractivity (Wildman–Crippen MR) is 128 cm³/mol. The number of hydrogen-bond donors (Lipinski definition) is 0. The first-order valence-electron chi connectivity index (χ1n) is 10.7. The Hall–Kier alpha value is -4.34. The van der Waals surface area contributed by atoms with Gasteiger partial charge >= 0.3 is 0 Å². The molecule has 6 rings (SSSR count).